The molecule has 4 nitrogen and oxygen atoms in total. The van der Waals surface area contributed by atoms with Crippen molar-refractivity contribution in [3.05, 3.63) is 18.2 Å². The standard InChI is InChI=1S/C13H23N3O/c14-12(6-13-7-15-10-16-13)9-17-8-11-4-2-1-3-5-11/h7,10-12H,1-6,8-9,14H2,(H,15,16)/t12-/m0/s1. The maximum Gasteiger partial charge on any atom is 0.0921 e. The molecule has 0 aliphatic heterocycles. The fourth-order valence-electron chi connectivity index (χ4n) is 2.48. The summed E-state index contributed by atoms with van der Waals surface area (Å²) < 4.78 is 5.72. The zero-order valence-corrected chi connectivity index (χ0v) is 10.4. The molecule has 1 atom stereocenters. The Kier molecular flexibility index (Phi) is 5.01. The summed E-state index contributed by atoms with van der Waals surface area (Å²) in [6.45, 7) is 1.53. The predicted molar refractivity (Wildman–Crippen MR) is 67.7 cm³/mol. The second-order valence-electron chi connectivity index (χ2n) is 5.08. The van der Waals surface area contributed by atoms with Crippen LogP contribution in [0.4, 0.5) is 0 Å². The maximum atomic E-state index is 6.01. The molecule has 0 saturated heterocycles. The topological polar surface area (TPSA) is 63.9 Å². The second-order valence-corrected chi connectivity index (χ2v) is 5.08. The lowest BCUT2D eigenvalue weighted by Crippen LogP contribution is -2.30. The molecule has 1 aliphatic carbocycles. The van der Waals surface area contributed by atoms with E-state index in [1.165, 1.54) is 32.1 Å². The van der Waals surface area contributed by atoms with Crippen molar-refractivity contribution in [3.63, 3.8) is 0 Å². The van der Waals surface area contributed by atoms with Gasteiger partial charge in [0.1, 0.15) is 0 Å². The number of nitrogens with zero attached hydrogens (tertiary/aromatic N) is 1. The first kappa shape index (κ1) is 12.6. The summed E-state index contributed by atoms with van der Waals surface area (Å²) in [6, 6.07) is 0.0686. The molecule has 0 bridgehead atoms. The van der Waals surface area contributed by atoms with Gasteiger partial charge in [-0.05, 0) is 18.8 Å². The van der Waals surface area contributed by atoms with Crippen LogP contribution in [0, 0.1) is 5.92 Å². The van der Waals surface area contributed by atoms with E-state index in [9.17, 15) is 0 Å². The molecule has 0 radical (unpaired) electrons. The highest BCUT2D eigenvalue weighted by Gasteiger charge is 2.14. The Bertz CT molecular complexity index is 294. The van der Waals surface area contributed by atoms with Gasteiger partial charge >= 0.3 is 0 Å². The number of ether oxygens (including phenoxy) is 1. The normalized spacial score (nSPS) is 19.4. The van der Waals surface area contributed by atoms with Gasteiger partial charge in [-0.3, -0.25) is 0 Å². The molecule has 0 aromatic carbocycles. The summed E-state index contributed by atoms with van der Waals surface area (Å²) in [7, 11) is 0. The summed E-state index contributed by atoms with van der Waals surface area (Å²) >= 11 is 0. The van der Waals surface area contributed by atoms with Crippen molar-refractivity contribution in [2.24, 2.45) is 11.7 Å². The smallest absolute Gasteiger partial charge is 0.0921 e. The number of hydrogen-bond acceptors (Lipinski definition) is 3. The largest absolute Gasteiger partial charge is 0.380 e. The molecule has 96 valence electrons. The molecule has 1 aromatic heterocycles. The Hall–Kier alpha value is -0.870. The van der Waals surface area contributed by atoms with Crippen LogP contribution in [0.15, 0.2) is 12.5 Å². The molecule has 1 fully saturated rings. The van der Waals surface area contributed by atoms with Crippen molar-refractivity contribution in [2.75, 3.05) is 13.2 Å². The fraction of sp³-hybridized carbons (Fsp3) is 0.769. The Morgan fingerprint density at radius 2 is 2.24 bits per heavy atom. The molecule has 0 unspecified atom stereocenters. The Labute approximate surface area is 103 Å². The molecule has 3 N–H and O–H groups in total. The van der Waals surface area contributed by atoms with Crippen LogP contribution >= 0.6 is 0 Å². The zero-order chi connectivity index (χ0) is 11.9. The lowest BCUT2D eigenvalue weighted by atomic mass is 9.90. The summed E-state index contributed by atoms with van der Waals surface area (Å²) in [5.74, 6) is 0.767. The van der Waals surface area contributed by atoms with Crippen LogP contribution in [0.5, 0.6) is 0 Å². The zero-order valence-electron chi connectivity index (χ0n) is 10.4. The molecule has 1 aliphatic rings. The highest BCUT2D eigenvalue weighted by molar-refractivity contribution is 4.96. The fourth-order valence-corrected chi connectivity index (χ4v) is 2.48. The minimum Gasteiger partial charge on any atom is -0.380 e. The average Bonchev–Trinajstić information content (AvgIpc) is 2.83. The van der Waals surface area contributed by atoms with Gasteiger partial charge in [-0.2, -0.15) is 0 Å². The summed E-state index contributed by atoms with van der Waals surface area (Å²) in [4.78, 5) is 7.04. The number of imidazole rings is 1. The molecular formula is C13H23N3O. The molecule has 1 aromatic rings. The van der Waals surface area contributed by atoms with Crippen molar-refractivity contribution in [1.82, 2.24) is 9.97 Å². The predicted octanol–water partition coefficient (Wildman–Crippen LogP) is 1.88. The lowest BCUT2D eigenvalue weighted by Gasteiger charge is -2.22. The third-order valence-corrected chi connectivity index (χ3v) is 3.45. The maximum absolute atomic E-state index is 6.01. The highest BCUT2D eigenvalue weighted by Crippen LogP contribution is 2.23. The number of nitrogens with one attached hydrogen (secondary N) is 1. The Balaban J connectivity index is 1.58. The van der Waals surface area contributed by atoms with E-state index in [1.807, 2.05) is 6.20 Å². The van der Waals surface area contributed by atoms with Crippen LogP contribution in [-0.2, 0) is 11.2 Å². The van der Waals surface area contributed by atoms with Gasteiger partial charge in [0.15, 0.2) is 0 Å². The van der Waals surface area contributed by atoms with E-state index in [1.54, 1.807) is 6.33 Å². The molecule has 4 heteroatoms. The number of aromatic nitrogens is 2. The highest BCUT2D eigenvalue weighted by atomic mass is 16.5. The first-order valence-electron chi connectivity index (χ1n) is 6.65. The third-order valence-electron chi connectivity index (χ3n) is 3.45. The lowest BCUT2D eigenvalue weighted by molar-refractivity contribution is 0.0758. The van der Waals surface area contributed by atoms with Crippen molar-refractivity contribution >= 4 is 0 Å². The van der Waals surface area contributed by atoms with Crippen LogP contribution in [0.1, 0.15) is 37.8 Å². The van der Waals surface area contributed by atoms with Gasteiger partial charge < -0.3 is 15.5 Å². The number of H-pyrrole nitrogens is 1. The Morgan fingerprint density at radius 1 is 1.41 bits per heavy atom. The van der Waals surface area contributed by atoms with E-state index in [4.69, 9.17) is 10.5 Å². The molecule has 0 spiro atoms. The van der Waals surface area contributed by atoms with E-state index < -0.39 is 0 Å². The molecular weight excluding hydrogens is 214 g/mol. The van der Waals surface area contributed by atoms with Gasteiger partial charge in [0.25, 0.3) is 0 Å². The van der Waals surface area contributed by atoms with Crippen molar-refractivity contribution < 1.29 is 4.74 Å². The number of hydrogen-bond donors (Lipinski definition) is 2. The van der Waals surface area contributed by atoms with Crippen molar-refractivity contribution in [1.29, 1.82) is 0 Å². The third kappa shape index (κ3) is 4.48. The monoisotopic (exact) mass is 237 g/mol. The van der Waals surface area contributed by atoms with E-state index in [2.05, 4.69) is 9.97 Å². The minimum atomic E-state index is 0.0686. The summed E-state index contributed by atoms with van der Waals surface area (Å²) in [5.41, 5.74) is 7.09. The van der Waals surface area contributed by atoms with Crippen LogP contribution in [0.25, 0.3) is 0 Å². The molecule has 17 heavy (non-hydrogen) atoms. The van der Waals surface area contributed by atoms with E-state index in [-0.39, 0.29) is 6.04 Å². The van der Waals surface area contributed by atoms with Gasteiger partial charge in [0.05, 0.1) is 12.9 Å². The van der Waals surface area contributed by atoms with Crippen molar-refractivity contribution in [3.8, 4) is 0 Å². The van der Waals surface area contributed by atoms with E-state index in [0.717, 1.165) is 24.6 Å². The minimum absolute atomic E-state index is 0.0686. The van der Waals surface area contributed by atoms with Crippen LogP contribution < -0.4 is 5.73 Å². The molecule has 1 heterocycles. The molecule has 1 saturated carbocycles. The van der Waals surface area contributed by atoms with Crippen molar-refractivity contribution in [2.45, 2.75) is 44.6 Å². The molecule has 2 rings (SSSR count). The van der Waals surface area contributed by atoms with Crippen LogP contribution in [-0.4, -0.2) is 29.2 Å². The Morgan fingerprint density at radius 3 is 2.94 bits per heavy atom. The van der Waals surface area contributed by atoms with Gasteiger partial charge in [0.2, 0.25) is 0 Å². The average molecular weight is 237 g/mol. The van der Waals surface area contributed by atoms with E-state index in [0.29, 0.717) is 6.61 Å². The number of nitrogens with two attached hydrogens (primary N) is 1. The summed E-state index contributed by atoms with van der Waals surface area (Å²) in [6.07, 6.45) is 11.1. The van der Waals surface area contributed by atoms with Gasteiger partial charge in [0, 0.05) is 31.0 Å². The van der Waals surface area contributed by atoms with E-state index >= 15 is 0 Å². The van der Waals surface area contributed by atoms with Gasteiger partial charge in [-0.15, -0.1) is 0 Å². The van der Waals surface area contributed by atoms with Crippen LogP contribution in [0.2, 0.25) is 0 Å². The van der Waals surface area contributed by atoms with Gasteiger partial charge in [-0.25, -0.2) is 4.98 Å². The number of rotatable bonds is 6. The number of aromatic amines is 1. The second kappa shape index (κ2) is 6.77. The molecule has 0 amide bonds. The van der Waals surface area contributed by atoms with Crippen LogP contribution in [0.3, 0.4) is 0 Å². The SMILES string of the molecule is N[C@H](COCC1CCCCC1)Cc1cnc[nH]1. The first-order chi connectivity index (χ1) is 8.34. The first-order valence-corrected chi connectivity index (χ1v) is 6.65. The summed E-state index contributed by atoms with van der Waals surface area (Å²) in [5, 5.41) is 0. The quantitative estimate of drug-likeness (QED) is 0.794. The van der Waals surface area contributed by atoms with Gasteiger partial charge in [-0.1, -0.05) is 19.3 Å².